The minimum absolute atomic E-state index is 0.142. The van der Waals surface area contributed by atoms with Crippen molar-refractivity contribution in [3.05, 3.63) is 58.4 Å². The lowest BCUT2D eigenvalue weighted by molar-refractivity contribution is -0.143. The number of carbonyl (C=O) groups excluding carboxylic acids is 2. The molecule has 0 atom stereocenters. The molecule has 3 rings (SSSR count). The maximum Gasteiger partial charge on any atom is 0.349 e. The average Bonchev–Trinajstić information content (AvgIpc) is 3.29. The smallest absolute Gasteiger partial charge is 0.349 e. The van der Waals surface area contributed by atoms with Gasteiger partial charge in [-0.2, -0.15) is 5.26 Å². The van der Waals surface area contributed by atoms with E-state index in [1.165, 1.54) is 6.08 Å². The molecule has 1 aliphatic heterocycles. The van der Waals surface area contributed by atoms with Gasteiger partial charge < -0.3 is 18.9 Å². The molecule has 0 aliphatic carbocycles. The number of para-hydroxylation sites is 1. The number of esters is 1. The van der Waals surface area contributed by atoms with Crippen LogP contribution in [0.25, 0.3) is 6.08 Å². The number of anilines is 1. The molecule has 1 aromatic carbocycles. The van der Waals surface area contributed by atoms with Crippen LogP contribution in [0.1, 0.15) is 22.5 Å². The second-order valence-electron chi connectivity index (χ2n) is 7.14. The molecule has 0 saturated carbocycles. The van der Waals surface area contributed by atoms with Crippen molar-refractivity contribution >= 4 is 23.6 Å². The van der Waals surface area contributed by atoms with Crippen molar-refractivity contribution in [3.8, 4) is 6.07 Å². The van der Waals surface area contributed by atoms with Gasteiger partial charge in [0.25, 0.3) is 5.91 Å². The second kappa shape index (κ2) is 9.42. The highest BCUT2D eigenvalue weighted by Crippen LogP contribution is 2.27. The van der Waals surface area contributed by atoms with Crippen LogP contribution in [0, 0.1) is 25.2 Å². The summed E-state index contributed by atoms with van der Waals surface area (Å²) in [6, 6.07) is 11.5. The minimum atomic E-state index is -0.806. The first kappa shape index (κ1) is 21.3. The summed E-state index contributed by atoms with van der Waals surface area (Å²) in [5, 5.41) is 9.43. The highest BCUT2D eigenvalue weighted by Gasteiger charge is 2.25. The maximum absolute atomic E-state index is 12.5. The van der Waals surface area contributed by atoms with Crippen LogP contribution in [0.2, 0.25) is 0 Å². The topological polar surface area (TPSA) is 84.6 Å². The van der Waals surface area contributed by atoms with Gasteiger partial charge in [0.2, 0.25) is 0 Å². The van der Waals surface area contributed by atoms with Gasteiger partial charge in [-0.15, -0.1) is 0 Å². The molecule has 2 heterocycles. The fourth-order valence-corrected chi connectivity index (χ4v) is 3.67. The van der Waals surface area contributed by atoms with Gasteiger partial charge in [-0.05, 0) is 49.6 Å². The number of nitrogens with zero attached hydrogens (tertiary/aromatic N) is 3. The van der Waals surface area contributed by atoms with Gasteiger partial charge in [0, 0.05) is 37.3 Å². The number of fused-ring (bicyclic) bond motifs is 1. The lowest BCUT2D eigenvalue weighted by atomic mass is 10.1. The van der Waals surface area contributed by atoms with Gasteiger partial charge in [-0.25, -0.2) is 4.79 Å². The Bertz CT molecular complexity index is 1030. The van der Waals surface area contributed by atoms with Crippen LogP contribution in [0.3, 0.4) is 0 Å². The number of hydrogen-bond acceptors (Lipinski definition) is 5. The van der Waals surface area contributed by atoms with Crippen molar-refractivity contribution in [2.75, 3.05) is 31.8 Å². The number of ether oxygens (including phenoxy) is 2. The molecule has 0 fully saturated rings. The molecule has 7 nitrogen and oxygen atoms in total. The number of aryl methyl sites for hydroxylation is 1. The highest BCUT2D eigenvalue weighted by molar-refractivity contribution is 6.01. The quantitative estimate of drug-likeness (QED) is 0.400. The zero-order valence-electron chi connectivity index (χ0n) is 17.5. The Hall–Kier alpha value is -3.37. The van der Waals surface area contributed by atoms with E-state index in [9.17, 15) is 14.9 Å². The van der Waals surface area contributed by atoms with E-state index >= 15 is 0 Å². The molecular weight excluding hydrogens is 382 g/mol. The Morgan fingerprint density at radius 1 is 1.27 bits per heavy atom. The van der Waals surface area contributed by atoms with E-state index < -0.39 is 12.6 Å². The molecule has 156 valence electrons. The molecule has 0 unspecified atom stereocenters. The fourth-order valence-electron chi connectivity index (χ4n) is 3.67. The molecule has 1 aromatic heterocycles. The van der Waals surface area contributed by atoms with Crippen molar-refractivity contribution in [3.63, 3.8) is 0 Å². The van der Waals surface area contributed by atoms with Gasteiger partial charge >= 0.3 is 5.97 Å². The van der Waals surface area contributed by atoms with Gasteiger partial charge in [0.1, 0.15) is 11.6 Å². The lowest BCUT2D eigenvalue weighted by Crippen LogP contribution is -2.33. The zero-order valence-corrected chi connectivity index (χ0v) is 17.5. The van der Waals surface area contributed by atoms with Crippen molar-refractivity contribution in [2.45, 2.75) is 26.8 Å². The number of aromatic nitrogens is 1. The Morgan fingerprint density at radius 3 is 2.77 bits per heavy atom. The first-order valence-electron chi connectivity index (χ1n) is 9.79. The number of benzene rings is 1. The number of carbonyl (C=O) groups is 2. The van der Waals surface area contributed by atoms with Crippen LogP contribution in [0.4, 0.5) is 5.69 Å². The molecule has 7 heteroatoms. The van der Waals surface area contributed by atoms with Crippen LogP contribution in [-0.4, -0.2) is 43.3 Å². The van der Waals surface area contributed by atoms with Crippen LogP contribution >= 0.6 is 0 Å². The fraction of sp³-hybridized carbons (Fsp3) is 0.348. The zero-order chi connectivity index (χ0) is 21.7. The summed E-state index contributed by atoms with van der Waals surface area (Å²) < 4.78 is 12.3. The third-order valence-corrected chi connectivity index (χ3v) is 5.29. The van der Waals surface area contributed by atoms with Gasteiger partial charge in [-0.3, -0.25) is 4.79 Å². The predicted octanol–water partition coefficient (Wildman–Crippen LogP) is 2.79. The number of amides is 1. The van der Waals surface area contributed by atoms with E-state index in [1.54, 1.807) is 12.0 Å². The monoisotopic (exact) mass is 407 g/mol. The van der Waals surface area contributed by atoms with E-state index in [1.807, 2.05) is 50.2 Å². The molecule has 30 heavy (non-hydrogen) atoms. The van der Waals surface area contributed by atoms with E-state index in [0.29, 0.717) is 19.7 Å². The summed E-state index contributed by atoms with van der Waals surface area (Å²) in [5.41, 5.74) is 4.49. The predicted molar refractivity (Wildman–Crippen MR) is 113 cm³/mol. The lowest BCUT2D eigenvalue weighted by Gasteiger charge is -2.17. The molecule has 0 N–H and O–H groups in total. The summed E-state index contributed by atoms with van der Waals surface area (Å²) in [6.07, 6.45) is 2.28. The summed E-state index contributed by atoms with van der Waals surface area (Å²) in [7, 11) is 1.64. The first-order valence-corrected chi connectivity index (χ1v) is 9.79. The molecule has 1 amide bonds. The standard InChI is InChI=1S/C23H25N3O4/c1-16-12-19(17(2)25(16)10-11-29-3)13-20(14-24)23(28)30-15-22(27)26-9-8-18-6-4-5-7-21(18)26/h4-7,12-13H,8-11,15H2,1-3H3. The van der Waals surface area contributed by atoms with Crippen molar-refractivity contribution in [2.24, 2.45) is 0 Å². The Morgan fingerprint density at radius 2 is 2.03 bits per heavy atom. The van der Waals surface area contributed by atoms with Gasteiger partial charge in [0.15, 0.2) is 6.61 Å². The molecule has 0 spiro atoms. The SMILES string of the molecule is COCCn1c(C)cc(C=C(C#N)C(=O)OCC(=O)N2CCc3ccccc32)c1C. The summed E-state index contributed by atoms with van der Waals surface area (Å²) in [4.78, 5) is 26.5. The summed E-state index contributed by atoms with van der Waals surface area (Å²) in [6.45, 7) is 5.28. The Kier molecular flexibility index (Phi) is 6.70. The molecular formula is C23H25N3O4. The van der Waals surface area contributed by atoms with E-state index in [0.717, 1.165) is 34.6 Å². The second-order valence-corrected chi connectivity index (χ2v) is 7.14. The molecule has 0 bridgehead atoms. The van der Waals surface area contributed by atoms with Crippen molar-refractivity contribution < 1.29 is 19.1 Å². The third kappa shape index (κ3) is 4.44. The molecule has 0 saturated heterocycles. The number of methoxy groups -OCH3 is 1. The van der Waals surface area contributed by atoms with Crippen molar-refractivity contribution in [1.82, 2.24) is 4.57 Å². The Labute approximate surface area is 176 Å². The van der Waals surface area contributed by atoms with Crippen molar-refractivity contribution in [1.29, 1.82) is 5.26 Å². The molecule has 0 radical (unpaired) electrons. The van der Waals surface area contributed by atoms with Crippen LogP contribution in [0.5, 0.6) is 0 Å². The Balaban J connectivity index is 1.67. The first-order chi connectivity index (χ1) is 14.5. The van der Waals surface area contributed by atoms with Crippen LogP contribution in [-0.2, 0) is 32.0 Å². The average molecular weight is 407 g/mol. The molecule has 1 aliphatic rings. The van der Waals surface area contributed by atoms with Crippen LogP contribution < -0.4 is 4.90 Å². The molecule has 2 aromatic rings. The summed E-state index contributed by atoms with van der Waals surface area (Å²) in [5.74, 6) is -1.11. The number of nitriles is 1. The van der Waals surface area contributed by atoms with E-state index in [4.69, 9.17) is 9.47 Å². The van der Waals surface area contributed by atoms with Gasteiger partial charge in [-0.1, -0.05) is 18.2 Å². The van der Waals surface area contributed by atoms with E-state index in [-0.39, 0.29) is 11.5 Å². The largest absolute Gasteiger partial charge is 0.451 e. The third-order valence-electron chi connectivity index (χ3n) is 5.29. The minimum Gasteiger partial charge on any atom is -0.451 e. The van der Waals surface area contributed by atoms with E-state index in [2.05, 4.69) is 4.57 Å². The number of rotatable bonds is 7. The maximum atomic E-state index is 12.5. The highest BCUT2D eigenvalue weighted by atomic mass is 16.5. The number of hydrogen-bond donors (Lipinski definition) is 0. The normalized spacial score (nSPS) is 13.1. The van der Waals surface area contributed by atoms with Crippen LogP contribution in [0.15, 0.2) is 35.9 Å². The summed E-state index contributed by atoms with van der Waals surface area (Å²) >= 11 is 0. The van der Waals surface area contributed by atoms with Gasteiger partial charge in [0.05, 0.1) is 6.61 Å².